The third-order valence-corrected chi connectivity index (χ3v) is 6.52. The number of anilines is 1. The van der Waals surface area contributed by atoms with Gasteiger partial charge in [0, 0.05) is 17.4 Å². The second kappa shape index (κ2) is 9.56. The monoisotopic (exact) mass is 495 g/mol. The molecule has 2 heterocycles. The number of hydrogen-bond donors (Lipinski definition) is 3. The number of aromatic amines is 1. The molecule has 172 valence electrons. The Morgan fingerprint density at radius 2 is 1.76 bits per heavy atom. The van der Waals surface area contributed by atoms with Gasteiger partial charge in [-0.3, -0.25) is 19.5 Å². The number of halogens is 1. The molecule has 0 amide bonds. The summed E-state index contributed by atoms with van der Waals surface area (Å²) in [5.41, 5.74) is 1.76. The lowest BCUT2D eigenvalue weighted by molar-refractivity contribution is 0.495. The van der Waals surface area contributed by atoms with E-state index in [0.29, 0.717) is 22.1 Å². The van der Waals surface area contributed by atoms with Crippen molar-refractivity contribution in [1.82, 2.24) is 19.7 Å². The summed E-state index contributed by atoms with van der Waals surface area (Å²) in [6.45, 7) is 5.67. The fourth-order valence-corrected chi connectivity index (χ4v) is 4.20. The maximum absolute atomic E-state index is 12.9. The van der Waals surface area contributed by atoms with Gasteiger partial charge in [-0.15, -0.1) is 5.11 Å². The van der Waals surface area contributed by atoms with E-state index in [9.17, 15) is 14.3 Å². The Morgan fingerprint density at radius 3 is 2.41 bits per heavy atom. The van der Waals surface area contributed by atoms with Gasteiger partial charge in [0.2, 0.25) is 5.95 Å². The summed E-state index contributed by atoms with van der Waals surface area (Å²) in [4.78, 5) is 31.0. The third-order valence-electron chi connectivity index (χ3n) is 4.77. The molecule has 3 N–H and O–H groups in total. The summed E-state index contributed by atoms with van der Waals surface area (Å²) in [6.07, 6.45) is 2.92. The van der Waals surface area contributed by atoms with Crippen molar-refractivity contribution in [2.24, 2.45) is 10.2 Å². The molecule has 0 radical (unpaired) electrons. The molecule has 12 heteroatoms. The molecule has 1 unspecified atom stereocenters. The minimum atomic E-state index is -3.94. The topological polar surface area (TPSA) is 138 Å². The van der Waals surface area contributed by atoms with Crippen LogP contribution in [-0.2, 0) is 4.57 Å². The Morgan fingerprint density at radius 1 is 1.12 bits per heavy atom. The minimum Gasteiger partial charge on any atom is -0.326 e. The van der Waals surface area contributed by atoms with Crippen LogP contribution in [0.1, 0.15) is 11.3 Å². The van der Waals surface area contributed by atoms with Gasteiger partial charge < -0.3 is 4.89 Å². The Labute approximate surface area is 199 Å². The first-order valence-corrected chi connectivity index (χ1v) is 12.0. The molecule has 2 aromatic heterocycles. The van der Waals surface area contributed by atoms with Crippen molar-refractivity contribution in [1.29, 1.82) is 0 Å². The number of aryl methyl sites for hydroxylation is 1. The van der Waals surface area contributed by atoms with Crippen LogP contribution in [0, 0.1) is 6.92 Å². The first-order valence-electron chi connectivity index (χ1n) is 9.92. The molecule has 0 bridgehead atoms. The molecule has 4 rings (SSSR count). The van der Waals surface area contributed by atoms with Crippen LogP contribution in [0.2, 0.25) is 5.02 Å². The van der Waals surface area contributed by atoms with Crippen LogP contribution in [-0.4, -0.2) is 24.6 Å². The number of aromatic nitrogens is 4. The van der Waals surface area contributed by atoms with Gasteiger partial charge in [0.05, 0.1) is 22.4 Å². The zero-order valence-corrected chi connectivity index (χ0v) is 19.5. The molecule has 0 fully saturated rings. The van der Waals surface area contributed by atoms with E-state index in [-0.39, 0.29) is 16.9 Å². The van der Waals surface area contributed by atoms with Crippen LogP contribution in [0.15, 0.2) is 88.6 Å². The van der Waals surface area contributed by atoms with Crippen LogP contribution in [0.25, 0.3) is 5.70 Å². The third kappa shape index (κ3) is 5.04. The van der Waals surface area contributed by atoms with Crippen LogP contribution >= 0.6 is 19.1 Å². The van der Waals surface area contributed by atoms with Crippen molar-refractivity contribution in [2.45, 2.75) is 6.92 Å². The predicted molar refractivity (Wildman–Crippen MR) is 131 cm³/mol. The van der Waals surface area contributed by atoms with Gasteiger partial charge in [-0.25, -0.2) is 14.6 Å². The van der Waals surface area contributed by atoms with Crippen molar-refractivity contribution >= 4 is 47.4 Å². The number of nitrogens with one attached hydrogen (secondary N) is 2. The molecular weight excluding hydrogens is 477 g/mol. The maximum atomic E-state index is 12.9. The number of benzene rings is 2. The van der Waals surface area contributed by atoms with Crippen molar-refractivity contribution in [2.75, 3.05) is 5.09 Å². The summed E-state index contributed by atoms with van der Waals surface area (Å²) in [5.74, 6) is 0.0384. The summed E-state index contributed by atoms with van der Waals surface area (Å²) >= 11 is 5.92. The van der Waals surface area contributed by atoms with Gasteiger partial charge in [0.25, 0.3) is 5.56 Å². The molecular formula is C22H19ClN7O3P. The fourth-order valence-electron chi connectivity index (χ4n) is 3.00. The molecule has 4 aromatic rings. The van der Waals surface area contributed by atoms with Gasteiger partial charge in [-0.2, -0.15) is 5.11 Å². The summed E-state index contributed by atoms with van der Waals surface area (Å²) in [6, 6.07) is 14.4. The lowest BCUT2D eigenvalue weighted by Gasteiger charge is -2.12. The van der Waals surface area contributed by atoms with Crippen LogP contribution < -0.4 is 16.0 Å². The molecule has 0 spiro atoms. The molecule has 10 nitrogen and oxygen atoms in total. The SMILES string of the molecule is C=C(c1ccc(Cl)cc1)n1[nH]c(C)c(N=Nc2ccc(P(=O)(O)Nc3ncccn3)cc2)c1=O. The maximum Gasteiger partial charge on any atom is 0.323 e. The number of hydrogen-bond acceptors (Lipinski definition) is 6. The molecule has 2 aromatic carbocycles. The van der Waals surface area contributed by atoms with Crippen molar-refractivity contribution in [3.8, 4) is 0 Å². The van der Waals surface area contributed by atoms with Crippen molar-refractivity contribution in [3.63, 3.8) is 0 Å². The highest BCUT2D eigenvalue weighted by Gasteiger charge is 2.22. The van der Waals surface area contributed by atoms with E-state index >= 15 is 0 Å². The normalized spacial score (nSPS) is 13.0. The lowest BCUT2D eigenvalue weighted by Crippen LogP contribution is -2.15. The second-order valence-corrected chi connectivity index (χ2v) is 9.48. The van der Waals surface area contributed by atoms with E-state index in [1.165, 1.54) is 41.3 Å². The van der Waals surface area contributed by atoms with E-state index in [0.717, 1.165) is 5.56 Å². The van der Waals surface area contributed by atoms with Crippen LogP contribution in [0.3, 0.4) is 0 Å². The predicted octanol–water partition coefficient (Wildman–Crippen LogP) is 4.79. The molecule has 0 aliphatic heterocycles. The average molecular weight is 496 g/mol. The van der Waals surface area contributed by atoms with Gasteiger partial charge in [0.1, 0.15) is 0 Å². The first-order chi connectivity index (χ1) is 16.2. The smallest absolute Gasteiger partial charge is 0.323 e. The van der Waals surface area contributed by atoms with E-state index in [1.54, 1.807) is 37.3 Å². The molecule has 1 atom stereocenters. The van der Waals surface area contributed by atoms with E-state index in [2.05, 4.69) is 37.0 Å². The highest BCUT2D eigenvalue weighted by Crippen LogP contribution is 2.38. The lowest BCUT2D eigenvalue weighted by atomic mass is 10.2. The Balaban J connectivity index is 1.53. The summed E-state index contributed by atoms with van der Waals surface area (Å²) in [5, 5.41) is 14.3. The van der Waals surface area contributed by atoms with E-state index in [1.807, 2.05) is 0 Å². The number of H-pyrrole nitrogens is 1. The van der Waals surface area contributed by atoms with Crippen LogP contribution in [0.5, 0.6) is 0 Å². The van der Waals surface area contributed by atoms with E-state index < -0.39 is 13.1 Å². The van der Waals surface area contributed by atoms with Gasteiger partial charge in [0.15, 0.2) is 5.69 Å². The Bertz CT molecular complexity index is 1460. The zero-order valence-electron chi connectivity index (χ0n) is 17.9. The van der Waals surface area contributed by atoms with E-state index in [4.69, 9.17) is 11.6 Å². The number of nitrogens with zero attached hydrogens (tertiary/aromatic N) is 5. The highest BCUT2D eigenvalue weighted by molar-refractivity contribution is 7.67. The van der Waals surface area contributed by atoms with Gasteiger partial charge >= 0.3 is 7.52 Å². The zero-order chi connectivity index (χ0) is 24.3. The quantitative estimate of drug-likeness (QED) is 0.249. The first kappa shape index (κ1) is 23.3. The molecule has 0 aliphatic carbocycles. The Kier molecular flexibility index (Phi) is 6.56. The Hall–Kier alpha value is -3.85. The minimum absolute atomic E-state index is 0.0384. The standard InChI is InChI=1S/C22H19ClN7O3P/c1-14-20(21(31)30(28-14)15(2)16-4-6-17(23)7-5-16)27-26-18-8-10-19(11-9-18)34(32,33)29-22-24-12-3-13-25-22/h3-13,28H,2H2,1H3,(H2,24,25,29,32,33). The van der Waals surface area contributed by atoms with Crippen LogP contribution in [0.4, 0.5) is 17.3 Å². The number of azo groups is 1. The average Bonchev–Trinajstić information content (AvgIpc) is 3.11. The molecule has 34 heavy (non-hydrogen) atoms. The molecule has 0 aliphatic rings. The summed E-state index contributed by atoms with van der Waals surface area (Å²) in [7, 11) is -3.94. The number of rotatable bonds is 7. The van der Waals surface area contributed by atoms with Crippen molar-refractivity contribution < 1.29 is 9.46 Å². The molecule has 0 saturated heterocycles. The highest BCUT2D eigenvalue weighted by atomic mass is 35.5. The largest absolute Gasteiger partial charge is 0.326 e. The van der Waals surface area contributed by atoms with Gasteiger partial charge in [-0.05, 0) is 55.0 Å². The van der Waals surface area contributed by atoms with Crippen molar-refractivity contribution in [3.05, 3.63) is 100 Å². The van der Waals surface area contributed by atoms with Gasteiger partial charge in [-0.1, -0.05) is 30.3 Å². The molecule has 0 saturated carbocycles. The fraction of sp³-hybridized carbons (Fsp3) is 0.0455. The summed E-state index contributed by atoms with van der Waals surface area (Å²) < 4.78 is 13.9. The second-order valence-electron chi connectivity index (χ2n) is 7.16.